The third-order valence-electron chi connectivity index (χ3n) is 3.45. The molecule has 16 heavy (non-hydrogen) atoms. The summed E-state index contributed by atoms with van der Waals surface area (Å²) in [7, 11) is 0. The number of nitrogens with zero attached hydrogens (tertiary/aromatic N) is 1. The molecule has 0 aromatic carbocycles. The number of carbonyl (C=O) groups is 2. The van der Waals surface area contributed by atoms with E-state index in [1.54, 1.807) is 11.8 Å². The minimum atomic E-state index is -0.395. The monoisotopic (exact) mass is 226 g/mol. The molecule has 0 aliphatic carbocycles. The maximum absolute atomic E-state index is 11.9. The van der Waals surface area contributed by atoms with Crippen molar-refractivity contribution < 1.29 is 14.3 Å². The van der Waals surface area contributed by atoms with Crippen LogP contribution in [0.4, 0.5) is 0 Å². The van der Waals surface area contributed by atoms with Crippen molar-refractivity contribution in [1.29, 1.82) is 0 Å². The van der Waals surface area contributed by atoms with Gasteiger partial charge in [0.05, 0.1) is 18.7 Å². The van der Waals surface area contributed by atoms with Gasteiger partial charge in [0.1, 0.15) is 6.04 Å². The largest absolute Gasteiger partial charge is 0.379 e. The predicted molar refractivity (Wildman–Crippen MR) is 57.8 cm³/mol. The van der Waals surface area contributed by atoms with Gasteiger partial charge < -0.3 is 15.0 Å². The van der Waals surface area contributed by atoms with Gasteiger partial charge in [-0.2, -0.15) is 0 Å². The summed E-state index contributed by atoms with van der Waals surface area (Å²) in [6.07, 6.45) is 1.84. The van der Waals surface area contributed by atoms with Crippen molar-refractivity contribution in [2.24, 2.45) is 0 Å². The van der Waals surface area contributed by atoms with Gasteiger partial charge >= 0.3 is 0 Å². The molecule has 0 aromatic rings. The fourth-order valence-corrected chi connectivity index (χ4v) is 2.61. The van der Waals surface area contributed by atoms with Gasteiger partial charge in [0, 0.05) is 6.61 Å². The Bertz CT molecular complexity index is 310. The number of hydrogen-bond acceptors (Lipinski definition) is 3. The van der Waals surface area contributed by atoms with Gasteiger partial charge in [-0.15, -0.1) is 0 Å². The Morgan fingerprint density at radius 1 is 1.50 bits per heavy atom. The number of nitrogens with one attached hydrogen (secondary N) is 1. The topological polar surface area (TPSA) is 58.6 Å². The second kappa shape index (κ2) is 4.05. The zero-order chi connectivity index (χ0) is 11.8. The van der Waals surface area contributed by atoms with Gasteiger partial charge in [-0.05, 0) is 26.7 Å². The van der Waals surface area contributed by atoms with Crippen molar-refractivity contribution in [1.82, 2.24) is 10.2 Å². The number of rotatable bonds is 1. The summed E-state index contributed by atoms with van der Waals surface area (Å²) in [6, 6.07) is -0.395. The van der Waals surface area contributed by atoms with Crippen molar-refractivity contribution in [2.45, 2.75) is 38.3 Å². The van der Waals surface area contributed by atoms with E-state index >= 15 is 0 Å². The Kier molecular flexibility index (Phi) is 2.88. The van der Waals surface area contributed by atoms with E-state index < -0.39 is 6.04 Å². The minimum Gasteiger partial charge on any atom is -0.379 e. The fourth-order valence-electron chi connectivity index (χ4n) is 2.61. The molecule has 0 aromatic heterocycles. The Balaban J connectivity index is 2.21. The first-order valence-corrected chi connectivity index (χ1v) is 5.72. The molecule has 0 spiro atoms. The van der Waals surface area contributed by atoms with Crippen molar-refractivity contribution in [3.05, 3.63) is 0 Å². The third kappa shape index (κ3) is 1.80. The molecule has 1 N–H and O–H groups in total. The van der Waals surface area contributed by atoms with E-state index in [-0.39, 0.29) is 23.9 Å². The smallest absolute Gasteiger partial charge is 0.243 e. The summed E-state index contributed by atoms with van der Waals surface area (Å²) < 4.78 is 5.44. The van der Waals surface area contributed by atoms with Crippen LogP contribution in [-0.2, 0) is 14.3 Å². The molecule has 2 heterocycles. The molecule has 5 heteroatoms. The van der Waals surface area contributed by atoms with Crippen LogP contribution in [0.15, 0.2) is 0 Å². The lowest BCUT2D eigenvalue weighted by Gasteiger charge is -2.47. The average Bonchev–Trinajstić information content (AvgIpc) is 2.25. The van der Waals surface area contributed by atoms with E-state index in [0.717, 1.165) is 19.4 Å². The molecular formula is C11H18N2O3. The highest BCUT2D eigenvalue weighted by atomic mass is 16.5. The first-order valence-electron chi connectivity index (χ1n) is 5.72. The number of piperazine rings is 1. The second-order valence-electron chi connectivity index (χ2n) is 4.81. The summed E-state index contributed by atoms with van der Waals surface area (Å²) in [5.74, 6) is -0.0912. The standard InChI is InChI=1S/C11H18N2O3/c1-8-10(15)12-6-9(14)13(8)11(2)4-3-5-16-7-11/h8H,3-7H2,1-2H3,(H,12,15). The molecule has 2 atom stereocenters. The van der Waals surface area contributed by atoms with Gasteiger partial charge in [0.2, 0.25) is 11.8 Å². The molecule has 0 saturated carbocycles. The molecular weight excluding hydrogens is 208 g/mol. The molecule has 2 aliphatic heterocycles. The SMILES string of the molecule is CC1C(=O)NCC(=O)N1C1(C)CCCOC1. The van der Waals surface area contributed by atoms with Gasteiger partial charge in [-0.25, -0.2) is 0 Å². The van der Waals surface area contributed by atoms with Crippen LogP contribution in [-0.4, -0.2) is 48.1 Å². The van der Waals surface area contributed by atoms with E-state index in [2.05, 4.69) is 5.32 Å². The third-order valence-corrected chi connectivity index (χ3v) is 3.45. The first-order chi connectivity index (χ1) is 7.54. The highest BCUT2D eigenvalue weighted by Gasteiger charge is 2.44. The molecule has 2 aliphatic rings. The van der Waals surface area contributed by atoms with Crippen molar-refractivity contribution >= 4 is 11.8 Å². The van der Waals surface area contributed by atoms with Crippen LogP contribution in [0.2, 0.25) is 0 Å². The van der Waals surface area contributed by atoms with Crippen LogP contribution < -0.4 is 5.32 Å². The molecule has 0 radical (unpaired) electrons. The molecule has 2 saturated heterocycles. The molecule has 2 fully saturated rings. The van der Waals surface area contributed by atoms with E-state index in [1.165, 1.54) is 0 Å². The zero-order valence-corrected chi connectivity index (χ0v) is 9.78. The Morgan fingerprint density at radius 2 is 2.25 bits per heavy atom. The fraction of sp³-hybridized carbons (Fsp3) is 0.818. The molecule has 2 amide bonds. The van der Waals surface area contributed by atoms with E-state index in [4.69, 9.17) is 4.74 Å². The Hall–Kier alpha value is -1.10. The highest BCUT2D eigenvalue weighted by Crippen LogP contribution is 2.29. The van der Waals surface area contributed by atoms with Crippen LogP contribution in [0, 0.1) is 0 Å². The summed E-state index contributed by atoms with van der Waals surface area (Å²) in [5, 5.41) is 2.60. The molecule has 5 nitrogen and oxygen atoms in total. The summed E-state index contributed by atoms with van der Waals surface area (Å²) in [5.41, 5.74) is -0.327. The van der Waals surface area contributed by atoms with E-state index in [9.17, 15) is 9.59 Å². The van der Waals surface area contributed by atoms with Crippen molar-refractivity contribution in [3.63, 3.8) is 0 Å². The average molecular weight is 226 g/mol. The maximum Gasteiger partial charge on any atom is 0.243 e. The van der Waals surface area contributed by atoms with Crippen LogP contribution in [0.3, 0.4) is 0 Å². The molecule has 2 unspecified atom stereocenters. The normalized spacial score (nSPS) is 36.1. The van der Waals surface area contributed by atoms with E-state index in [1.807, 2.05) is 6.92 Å². The van der Waals surface area contributed by atoms with Gasteiger partial charge in [0.15, 0.2) is 0 Å². The van der Waals surface area contributed by atoms with Gasteiger partial charge in [0.25, 0.3) is 0 Å². The van der Waals surface area contributed by atoms with Crippen LogP contribution in [0.5, 0.6) is 0 Å². The van der Waals surface area contributed by atoms with E-state index in [0.29, 0.717) is 6.61 Å². The quantitative estimate of drug-likeness (QED) is 0.679. The van der Waals surface area contributed by atoms with Crippen molar-refractivity contribution in [2.75, 3.05) is 19.8 Å². The van der Waals surface area contributed by atoms with Crippen LogP contribution in [0.25, 0.3) is 0 Å². The molecule has 90 valence electrons. The molecule has 2 rings (SSSR count). The minimum absolute atomic E-state index is 0.0138. The lowest BCUT2D eigenvalue weighted by molar-refractivity contribution is -0.157. The molecule has 0 bridgehead atoms. The first kappa shape index (κ1) is 11.4. The lowest BCUT2D eigenvalue weighted by atomic mass is 9.90. The Morgan fingerprint density at radius 3 is 2.88 bits per heavy atom. The second-order valence-corrected chi connectivity index (χ2v) is 4.81. The van der Waals surface area contributed by atoms with Gasteiger partial charge in [-0.3, -0.25) is 9.59 Å². The Labute approximate surface area is 95.1 Å². The lowest BCUT2D eigenvalue weighted by Crippen LogP contribution is -2.66. The predicted octanol–water partition coefficient (Wildman–Crippen LogP) is -0.0976. The number of carbonyl (C=O) groups excluding carboxylic acids is 2. The summed E-state index contributed by atoms with van der Waals surface area (Å²) >= 11 is 0. The summed E-state index contributed by atoms with van der Waals surface area (Å²) in [4.78, 5) is 25.2. The summed E-state index contributed by atoms with van der Waals surface area (Å²) in [6.45, 7) is 5.15. The van der Waals surface area contributed by atoms with Gasteiger partial charge in [-0.1, -0.05) is 0 Å². The number of ether oxygens (including phenoxy) is 1. The number of hydrogen-bond donors (Lipinski definition) is 1. The maximum atomic E-state index is 11.9. The number of amides is 2. The van der Waals surface area contributed by atoms with Crippen molar-refractivity contribution in [3.8, 4) is 0 Å². The van der Waals surface area contributed by atoms with Crippen LogP contribution >= 0.6 is 0 Å². The zero-order valence-electron chi connectivity index (χ0n) is 9.78. The van der Waals surface area contributed by atoms with Crippen LogP contribution in [0.1, 0.15) is 26.7 Å². The highest BCUT2D eigenvalue weighted by molar-refractivity contribution is 5.95.